The quantitative estimate of drug-likeness (QED) is 0.272. The number of benzene rings is 3. The highest BCUT2D eigenvalue weighted by atomic mass is 79.9. The lowest BCUT2D eigenvalue weighted by Gasteiger charge is -2.10. The lowest BCUT2D eigenvalue weighted by Crippen LogP contribution is -2.17. The molecule has 0 spiro atoms. The van der Waals surface area contributed by atoms with Gasteiger partial charge in [-0.3, -0.25) is 10.1 Å². The molecule has 6 nitrogen and oxygen atoms in total. The van der Waals surface area contributed by atoms with Crippen molar-refractivity contribution < 1.29 is 19.2 Å². The van der Waals surface area contributed by atoms with Crippen LogP contribution in [0.1, 0.15) is 0 Å². The van der Waals surface area contributed by atoms with Crippen molar-refractivity contribution >= 4 is 38.4 Å². The van der Waals surface area contributed by atoms with Crippen molar-refractivity contribution in [3.05, 3.63) is 75.3 Å². The molecule has 0 amide bonds. The fourth-order valence-electron chi connectivity index (χ4n) is 2.26. The fourth-order valence-corrected chi connectivity index (χ4v) is 2.87. The average molecular weight is 402 g/mol. The van der Waals surface area contributed by atoms with Crippen LogP contribution in [0, 0.1) is 10.1 Å². The van der Waals surface area contributed by atoms with E-state index in [1.807, 2.05) is 30.3 Å². The molecule has 0 radical (unpaired) electrons. The summed E-state index contributed by atoms with van der Waals surface area (Å²) in [5.74, 6) is 0.144. The van der Waals surface area contributed by atoms with E-state index in [9.17, 15) is 14.9 Å². The smallest absolute Gasteiger partial charge is 0.349 e. The third-order valence-electron chi connectivity index (χ3n) is 3.45. The van der Waals surface area contributed by atoms with Crippen LogP contribution in [0.5, 0.6) is 11.5 Å². The largest absolute Gasteiger partial charge is 0.481 e. The molecule has 0 fully saturated rings. The first-order valence-corrected chi connectivity index (χ1v) is 8.09. The van der Waals surface area contributed by atoms with Gasteiger partial charge in [-0.2, -0.15) is 0 Å². The zero-order valence-corrected chi connectivity index (χ0v) is 14.4. The van der Waals surface area contributed by atoms with Crippen molar-refractivity contribution in [2.45, 2.75) is 0 Å². The van der Waals surface area contributed by atoms with Crippen LogP contribution in [0.4, 0.5) is 5.69 Å². The molecule has 0 aliphatic heterocycles. The lowest BCUT2D eigenvalue weighted by molar-refractivity contribution is -0.384. The molecule has 126 valence electrons. The number of hydrogen-bond donors (Lipinski definition) is 0. The number of nitro groups is 1. The third-order valence-corrected chi connectivity index (χ3v) is 4.27. The zero-order chi connectivity index (χ0) is 17.8. The van der Waals surface area contributed by atoms with E-state index < -0.39 is 10.9 Å². The second-order valence-electron chi connectivity index (χ2n) is 5.11. The Bertz CT molecular complexity index is 940. The van der Waals surface area contributed by atoms with Gasteiger partial charge < -0.3 is 9.47 Å². The van der Waals surface area contributed by atoms with E-state index in [2.05, 4.69) is 15.9 Å². The molecule has 25 heavy (non-hydrogen) atoms. The van der Waals surface area contributed by atoms with Crippen LogP contribution in [0.3, 0.4) is 0 Å². The van der Waals surface area contributed by atoms with Crippen LogP contribution in [0.15, 0.2) is 65.1 Å². The Hall–Kier alpha value is -2.93. The number of carbonyl (C=O) groups excluding carboxylic acids is 1. The topological polar surface area (TPSA) is 78.7 Å². The van der Waals surface area contributed by atoms with Crippen LogP contribution in [0.25, 0.3) is 10.8 Å². The number of nitro benzene ring substituents is 1. The number of hydrogen-bond acceptors (Lipinski definition) is 5. The first-order valence-electron chi connectivity index (χ1n) is 7.30. The summed E-state index contributed by atoms with van der Waals surface area (Å²) in [6.07, 6.45) is 0. The summed E-state index contributed by atoms with van der Waals surface area (Å²) in [4.78, 5) is 22.0. The highest BCUT2D eigenvalue weighted by Crippen LogP contribution is 2.33. The van der Waals surface area contributed by atoms with Crippen LogP contribution in [-0.4, -0.2) is 17.5 Å². The molecule has 3 aromatic rings. The Morgan fingerprint density at radius 1 is 1.04 bits per heavy atom. The normalized spacial score (nSPS) is 10.4. The summed E-state index contributed by atoms with van der Waals surface area (Å²) >= 11 is 3.48. The first-order chi connectivity index (χ1) is 12.0. The van der Waals surface area contributed by atoms with E-state index >= 15 is 0 Å². The van der Waals surface area contributed by atoms with Gasteiger partial charge in [0, 0.05) is 12.1 Å². The molecular formula is C18H12BrNO5. The lowest BCUT2D eigenvalue weighted by atomic mass is 10.1. The third kappa shape index (κ3) is 3.95. The fraction of sp³-hybridized carbons (Fsp3) is 0.0556. The predicted octanol–water partition coefficient (Wildman–Crippen LogP) is 4.49. The number of rotatable bonds is 5. The van der Waals surface area contributed by atoms with E-state index in [1.54, 1.807) is 6.07 Å². The maximum atomic E-state index is 11.9. The molecule has 0 N–H and O–H groups in total. The molecule has 3 rings (SSSR count). The molecule has 0 aromatic heterocycles. The van der Waals surface area contributed by atoms with Crippen LogP contribution in [0.2, 0.25) is 0 Å². The van der Waals surface area contributed by atoms with Crippen molar-refractivity contribution in [1.82, 2.24) is 0 Å². The molecule has 0 heterocycles. The highest BCUT2D eigenvalue weighted by molar-refractivity contribution is 9.10. The molecule has 0 saturated heterocycles. The molecule has 0 aliphatic rings. The molecule has 0 atom stereocenters. The van der Waals surface area contributed by atoms with E-state index in [0.29, 0.717) is 5.75 Å². The van der Waals surface area contributed by atoms with Gasteiger partial charge in [-0.25, -0.2) is 4.79 Å². The maximum Gasteiger partial charge on any atom is 0.349 e. The Morgan fingerprint density at radius 3 is 2.48 bits per heavy atom. The second kappa shape index (κ2) is 7.31. The van der Waals surface area contributed by atoms with Crippen LogP contribution in [-0.2, 0) is 4.79 Å². The van der Waals surface area contributed by atoms with Gasteiger partial charge in [-0.15, -0.1) is 0 Å². The Labute approximate surface area is 151 Å². The minimum Gasteiger partial charge on any atom is -0.481 e. The Balaban J connectivity index is 1.64. The molecule has 0 aliphatic carbocycles. The summed E-state index contributed by atoms with van der Waals surface area (Å²) in [5, 5.41) is 12.6. The van der Waals surface area contributed by atoms with E-state index in [4.69, 9.17) is 9.47 Å². The summed E-state index contributed by atoms with van der Waals surface area (Å²) < 4.78 is 11.4. The summed E-state index contributed by atoms with van der Waals surface area (Å²) in [6.45, 7) is -0.284. The molecule has 0 unspecified atom stereocenters. The van der Waals surface area contributed by atoms with Crippen LogP contribution < -0.4 is 9.47 Å². The number of ether oxygens (including phenoxy) is 2. The van der Waals surface area contributed by atoms with E-state index in [-0.39, 0.29) is 18.0 Å². The second-order valence-corrected chi connectivity index (χ2v) is 5.91. The number of halogens is 1. The number of fused-ring (bicyclic) bond motifs is 1. The molecule has 3 aromatic carbocycles. The molecule has 0 saturated carbocycles. The molecule has 0 bridgehead atoms. The van der Waals surface area contributed by atoms with Gasteiger partial charge in [0.25, 0.3) is 5.69 Å². The van der Waals surface area contributed by atoms with Crippen molar-refractivity contribution in [1.29, 1.82) is 0 Å². The molecule has 7 heteroatoms. The summed E-state index contributed by atoms with van der Waals surface area (Å²) in [5.41, 5.74) is -0.0730. The number of non-ortho nitro benzene ring substituents is 1. The van der Waals surface area contributed by atoms with E-state index in [1.165, 1.54) is 24.3 Å². The maximum absolute atomic E-state index is 11.9. The van der Waals surface area contributed by atoms with Gasteiger partial charge in [-0.05, 0) is 44.9 Å². The van der Waals surface area contributed by atoms with E-state index in [0.717, 1.165) is 15.2 Å². The van der Waals surface area contributed by atoms with Gasteiger partial charge in [0.1, 0.15) is 11.5 Å². The summed E-state index contributed by atoms with van der Waals surface area (Å²) in [7, 11) is 0. The van der Waals surface area contributed by atoms with Crippen molar-refractivity contribution in [2.75, 3.05) is 6.61 Å². The van der Waals surface area contributed by atoms with Gasteiger partial charge in [0.2, 0.25) is 0 Å². The number of nitrogens with zero attached hydrogens (tertiary/aromatic N) is 1. The summed E-state index contributed by atoms with van der Waals surface area (Å²) in [6, 6.07) is 16.7. The van der Waals surface area contributed by atoms with Crippen molar-refractivity contribution in [3.8, 4) is 11.5 Å². The standard InChI is InChI=1S/C18H12BrNO5/c19-18-15-4-2-1-3-12(15)5-10-16(18)24-11-17(21)25-14-8-6-13(7-9-14)20(22)23/h1-10H,11H2. The van der Waals surface area contributed by atoms with Gasteiger partial charge in [-0.1, -0.05) is 30.3 Å². The first kappa shape index (κ1) is 16.9. The Kier molecular flexibility index (Phi) is 4.95. The molecular weight excluding hydrogens is 390 g/mol. The monoisotopic (exact) mass is 401 g/mol. The SMILES string of the molecule is O=C(COc1ccc2ccccc2c1Br)Oc1ccc([N+](=O)[O-])cc1. The van der Waals surface area contributed by atoms with Gasteiger partial charge in [0.15, 0.2) is 6.61 Å². The minimum atomic E-state index is -0.603. The van der Waals surface area contributed by atoms with Crippen molar-refractivity contribution in [3.63, 3.8) is 0 Å². The average Bonchev–Trinajstić information content (AvgIpc) is 2.62. The predicted molar refractivity (Wildman–Crippen MR) is 95.9 cm³/mol. The van der Waals surface area contributed by atoms with Gasteiger partial charge in [0.05, 0.1) is 9.40 Å². The number of esters is 1. The minimum absolute atomic E-state index is 0.0730. The zero-order valence-electron chi connectivity index (χ0n) is 12.8. The Morgan fingerprint density at radius 2 is 1.76 bits per heavy atom. The van der Waals surface area contributed by atoms with Crippen molar-refractivity contribution in [2.24, 2.45) is 0 Å². The number of carbonyl (C=O) groups is 1. The highest BCUT2D eigenvalue weighted by Gasteiger charge is 2.11. The van der Waals surface area contributed by atoms with Gasteiger partial charge >= 0.3 is 5.97 Å². The van der Waals surface area contributed by atoms with Crippen LogP contribution >= 0.6 is 15.9 Å².